The number of nitrogens with zero attached hydrogens (tertiary/aromatic N) is 1. The van der Waals surface area contributed by atoms with Crippen molar-refractivity contribution in [3.63, 3.8) is 0 Å². The largest absolute Gasteiger partial charge is 0.368 e. The normalized spacial score (nSPS) is 14.8. The molecule has 0 aromatic heterocycles. The van der Waals surface area contributed by atoms with Crippen molar-refractivity contribution in [1.29, 1.82) is 0 Å². The number of anilines is 1. The summed E-state index contributed by atoms with van der Waals surface area (Å²) >= 11 is 6.76. The van der Waals surface area contributed by atoms with E-state index in [9.17, 15) is 9.59 Å². The lowest BCUT2D eigenvalue weighted by Gasteiger charge is -2.35. The van der Waals surface area contributed by atoms with Gasteiger partial charge in [0.2, 0.25) is 0 Å². The lowest BCUT2D eigenvalue weighted by Crippen LogP contribution is -2.44. The quantitative estimate of drug-likeness (QED) is 0.410. The van der Waals surface area contributed by atoms with Crippen LogP contribution in [0, 0.1) is 0 Å². The molecule has 5 rings (SSSR count). The van der Waals surface area contributed by atoms with Gasteiger partial charge in [-0.1, -0.05) is 67.4 Å². The van der Waals surface area contributed by atoms with Gasteiger partial charge in [0.15, 0.2) is 5.78 Å². The summed E-state index contributed by atoms with van der Waals surface area (Å²) < 4.78 is 0. The summed E-state index contributed by atoms with van der Waals surface area (Å²) in [5.74, 6) is -0.543. The molecular formula is C28H28ClN3O2. The van der Waals surface area contributed by atoms with E-state index in [1.165, 1.54) is 0 Å². The maximum absolute atomic E-state index is 13.8. The molecule has 0 unspecified atom stereocenters. The highest BCUT2D eigenvalue weighted by atomic mass is 35.5. The first-order valence-electron chi connectivity index (χ1n) is 11.9. The first-order valence-corrected chi connectivity index (χ1v) is 12.3. The topological polar surface area (TPSA) is 75.4 Å². The number of benzene rings is 3. The van der Waals surface area contributed by atoms with E-state index in [2.05, 4.69) is 17.1 Å². The highest BCUT2D eigenvalue weighted by Crippen LogP contribution is 2.52. The Morgan fingerprint density at radius 1 is 0.971 bits per heavy atom. The number of unbranched alkanes of at least 4 members (excludes halogenated alkanes) is 1. The van der Waals surface area contributed by atoms with Crippen molar-refractivity contribution in [2.75, 3.05) is 31.1 Å². The Kier molecular flexibility index (Phi) is 6.15. The fraction of sp³-hybridized carbons (Fsp3) is 0.286. The third kappa shape index (κ3) is 3.60. The fourth-order valence-corrected chi connectivity index (χ4v) is 5.57. The third-order valence-corrected chi connectivity index (χ3v) is 7.18. The zero-order valence-corrected chi connectivity index (χ0v) is 20.0. The molecule has 0 atom stereocenters. The van der Waals surface area contributed by atoms with Gasteiger partial charge in [-0.05, 0) is 30.0 Å². The lowest BCUT2D eigenvalue weighted by atomic mass is 9.83. The van der Waals surface area contributed by atoms with Gasteiger partial charge in [0, 0.05) is 59.0 Å². The number of nitrogens with two attached hydrogens (primary N) is 1. The van der Waals surface area contributed by atoms with Gasteiger partial charge in [-0.15, -0.1) is 0 Å². The van der Waals surface area contributed by atoms with Gasteiger partial charge in [0.1, 0.15) is 0 Å². The first-order chi connectivity index (χ1) is 16.5. The molecule has 5 nitrogen and oxygen atoms in total. The predicted octanol–water partition coefficient (Wildman–Crippen LogP) is 5.07. The molecule has 3 N–H and O–H groups in total. The van der Waals surface area contributed by atoms with Gasteiger partial charge in [0.05, 0.1) is 11.3 Å². The Morgan fingerprint density at radius 3 is 2.26 bits per heavy atom. The molecule has 174 valence electrons. The molecule has 0 saturated carbocycles. The van der Waals surface area contributed by atoms with Crippen LogP contribution >= 0.6 is 11.6 Å². The Balaban J connectivity index is 1.97. The highest BCUT2D eigenvalue weighted by Gasteiger charge is 2.38. The summed E-state index contributed by atoms with van der Waals surface area (Å²) in [7, 11) is 0. The van der Waals surface area contributed by atoms with E-state index in [0.717, 1.165) is 72.5 Å². The highest BCUT2D eigenvalue weighted by molar-refractivity contribution is 6.35. The van der Waals surface area contributed by atoms with Crippen molar-refractivity contribution in [2.24, 2.45) is 5.73 Å². The molecule has 0 spiro atoms. The Labute approximate surface area is 204 Å². The Bertz CT molecular complexity index is 1300. The van der Waals surface area contributed by atoms with Crippen molar-refractivity contribution in [3.05, 3.63) is 75.8 Å². The third-order valence-electron chi connectivity index (χ3n) is 6.85. The van der Waals surface area contributed by atoms with E-state index < -0.39 is 5.91 Å². The van der Waals surface area contributed by atoms with Crippen LogP contribution in [-0.4, -0.2) is 37.9 Å². The van der Waals surface area contributed by atoms with Crippen molar-refractivity contribution in [1.82, 2.24) is 5.32 Å². The molecule has 1 aliphatic carbocycles. The minimum absolute atomic E-state index is 0.0423. The molecule has 1 heterocycles. The number of primary amides is 1. The number of fused-ring (bicyclic) bond motifs is 3. The van der Waals surface area contributed by atoms with Crippen molar-refractivity contribution in [3.8, 4) is 22.3 Å². The van der Waals surface area contributed by atoms with Gasteiger partial charge in [-0.3, -0.25) is 9.59 Å². The van der Waals surface area contributed by atoms with Crippen molar-refractivity contribution < 1.29 is 9.59 Å². The van der Waals surface area contributed by atoms with E-state index in [4.69, 9.17) is 17.3 Å². The van der Waals surface area contributed by atoms with E-state index in [-0.39, 0.29) is 5.78 Å². The number of ketones is 1. The van der Waals surface area contributed by atoms with E-state index in [1.54, 1.807) is 0 Å². The average Bonchev–Trinajstić information content (AvgIpc) is 3.15. The van der Waals surface area contributed by atoms with Crippen LogP contribution in [0.5, 0.6) is 0 Å². The maximum atomic E-state index is 13.8. The average molecular weight is 474 g/mol. The molecular weight excluding hydrogens is 446 g/mol. The number of carbonyl (C=O) groups excluding carboxylic acids is 2. The summed E-state index contributed by atoms with van der Waals surface area (Å²) in [5.41, 5.74) is 12.8. The molecule has 1 saturated heterocycles. The summed E-state index contributed by atoms with van der Waals surface area (Å²) in [4.78, 5) is 29.2. The molecule has 0 radical (unpaired) electrons. The van der Waals surface area contributed by atoms with Crippen LogP contribution < -0.4 is 16.0 Å². The van der Waals surface area contributed by atoms with Crippen LogP contribution in [0.15, 0.2) is 48.5 Å². The molecule has 3 aromatic rings. The number of halogens is 1. The standard InChI is InChI=1S/C28H28ClN3O2/c1-2-3-8-20-24-22(17-9-4-5-10-18(17)27(24)33)23(19-11-6-7-12-21(19)29)26(25(20)28(30)34)32-15-13-31-14-16-32/h4-7,9-12,31H,2-3,8,13-16H2,1H3,(H2,30,34). The van der Waals surface area contributed by atoms with E-state index >= 15 is 0 Å². The number of hydrogen-bond donors (Lipinski definition) is 2. The first kappa shape index (κ1) is 22.6. The Morgan fingerprint density at radius 2 is 1.62 bits per heavy atom. The van der Waals surface area contributed by atoms with Crippen molar-refractivity contribution in [2.45, 2.75) is 26.2 Å². The molecule has 0 bridgehead atoms. The van der Waals surface area contributed by atoms with Crippen LogP contribution in [0.2, 0.25) is 5.02 Å². The van der Waals surface area contributed by atoms with Gasteiger partial charge in [0.25, 0.3) is 5.91 Å². The minimum atomic E-state index is -0.500. The number of carbonyl (C=O) groups is 2. The SMILES string of the molecule is CCCCc1c2c(c(-c3ccccc3Cl)c(N3CCNCC3)c1C(N)=O)-c1ccccc1C2=O. The molecule has 3 aromatic carbocycles. The monoisotopic (exact) mass is 473 g/mol. The zero-order valence-electron chi connectivity index (χ0n) is 19.3. The molecule has 34 heavy (non-hydrogen) atoms. The lowest BCUT2D eigenvalue weighted by molar-refractivity contribution is 0.0999. The second-order valence-corrected chi connectivity index (χ2v) is 9.29. The number of hydrogen-bond acceptors (Lipinski definition) is 4. The molecule has 6 heteroatoms. The summed E-state index contributed by atoms with van der Waals surface area (Å²) in [6.07, 6.45) is 2.44. The van der Waals surface area contributed by atoms with Crippen LogP contribution in [-0.2, 0) is 6.42 Å². The fourth-order valence-electron chi connectivity index (χ4n) is 5.34. The number of rotatable bonds is 6. The van der Waals surface area contributed by atoms with E-state index in [0.29, 0.717) is 28.1 Å². The van der Waals surface area contributed by atoms with Crippen molar-refractivity contribution >= 4 is 29.0 Å². The zero-order chi connectivity index (χ0) is 23.8. The molecule has 1 aliphatic heterocycles. The molecule has 1 fully saturated rings. The smallest absolute Gasteiger partial charge is 0.251 e. The number of nitrogens with one attached hydrogen (secondary N) is 1. The summed E-state index contributed by atoms with van der Waals surface area (Å²) in [6, 6.07) is 15.3. The molecule has 2 aliphatic rings. The Hall–Kier alpha value is -3.15. The maximum Gasteiger partial charge on any atom is 0.251 e. The number of piperazine rings is 1. The second kappa shape index (κ2) is 9.24. The summed E-state index contributed by atoms with van der Waals surface area (Å²) in [5, 5.41) is 3.97. The predicted molar refractivity (Wildman–Crippen MR) is 138 cm³/mol. The minimum Gasteiger partial charge on any atom is -0.368 e. The van der Waals surface area contributed by atoms with Crippen LogP contribution in [0.25, 0.3) is 22.3 Å². The van der Waals surface area contributed by atoms with Gasteiger partial charge < -0.3 is 16.0 Å². The number of amides is 1. The van der Waals surface area contributed by atoms with E-state index in [1.807, 2.05) is 48.5 Å². The van der Waals surface area contributed by atoms with Crippen LogP contribution in [0.1, 0.15) is 51.6 Å². The van der Waals surface area contributed by atoms with Crippen LogP contribution in [0.3, 0.4) is 0 Å². The van der Waals surface area contributed by atoms with Gasteiger partial charge in [-0.2, -0.15) is 0 Å². The van der Waals surface area contributed by atoms with Gasteiger partial charge >= 0.3 is 0 Å². The van der Waals surface area contributed by atoms with Crippen LogP contribution in [0.4, 0.5) is 5.69 Å². The van der Waals surface area contributed by atoms with Gasteiger partial charge in [-0.25, -0.2) is 0 Å². The molecule has 1 amide bonds. The second-order valence-electron chi connectivity index (χ2n) is 8.89. The summed E-state index contributed by atoms with van der Waals surface area (Å²) in [6.45, 7) is 5.18.